The quantitative estimate of drug-likeness (QED) is 0.817. The van der Waals surface area contributed by atoms with E-state index in [0.29, 0.717) is 12.0 Å². The standard InChI is InChI=1S/C16H20N2/c1-18-10-9-14-13(12-5-3-2-4-6-12)7-8-16(17)15(14)11-18/h2-6,9-10,15-16H,7-8,11,17H2,1H3. The maximum atomic E-state index is 6.30. The summed E-state index contributed by atoms with van der Waals surface area (Å²) in [5.74, 6) is 0.490. The van der Waals surface area contributed by atoms with Crippen molar-refractivity contribution >= 4 is 5.57 Å². The van der Waals surface area contributed by atoms with Gasteiger partial charge in [0.25, 0.3) is 0 Å². The van der Waals surface area contributed by atoms with E-state index < -0.39 is 0 Å². The minimum absolute atomic E-state index is 0.305. The van der Waals surface area contributed by atoms with Crippen molar-refractivity contribution in [1.82, 2.24) is 4.90 Å². The van der Waals surface area contributed by atoms with Gasteiger partial charge in [-0.15, -0.1) is 0 Å². The second kappa shape index (κ2) is 4.62. The Morgan fingerprint density at radius 3 is 2.78 bits per heavy atom. The van der Waals surface area contributed by atoms with Gasteiger partial charge in [-0.1, -0.05) is 30.3 Å². The first-order valence-corrected chi connectivity index (χ1v) is 6.68. The Morgan fingerprint density at radius 2 is 2.00 bits per heavy atom. The number of fused-ring (bicyclic) bond motifs is 1. The Morgan fingerprint density at radius 1 is 1.22 bits per heavy atom. The van der Waals surface area contributed by atoms with Crippen LogP contribution < -0.4 is 5.73 Å². The SMILES string of the molecule is CN1C=CC2=C(c3ccccc3)CCC(N)C2C1. The topological polar surface area (TPSA) is 29.3 Å². The molecule has 1 aromatic rings. The molecule has 2 aliphatic rings. The Balaban J connectivity index is 2.07. The lowest BCUT2D eigenvalue weighted by Crippen LogP contribution is -2.41. The fourth-order valence-electron chi connectivity index (χ4n) is 3.10. The van der Waals surface area contributed by atoms with Crippen LogP contribution in [0.3, 0.4) is 0 Å². The fraction of sp³-hybridized carbons (Fsp3) is 0.375. The zero-order valence-corrected chi connectivity index (χ0v) is 10.8. The summed E-state index contributed by atoms with van der Waals surface area (Å²) in [5, 5.41) is 0. The molecule has 2 unspecified atom stereocenters. The molecule has 0 amide bonds. The van der Waals surface area contributed by atoms with E-state index in [0.717, 1.165) is 19.4 Å². The van der Waals surface area contributed by atoms with Crippen LogP contribution in [0.2, 0.25) is 0 Å². The van der Waals surface area contributed by atoms with Crippen LogP contribution in [0.4, 0.5) is 0 Å². The molecule has 0 saturated heterocycles. The molecule has 18 heavy (non-hydrogen) atoms. The van der Waals surface area contributed by atoms with E-state index in [4.69, 9.17) is 5.73 Å². The summed E-state index contributed by atoms with van der Waals surface area (Å²) in [6.07, 6.45) is 6.63. The van der Waals surface area contributed by atoms with Crippen molar-refractivity contribution in [2.45, 2.75) is 18.9 Å². The number of hydrogen-bond donors (Lipinski definition) is 1. The first-order chi connectivity index (χ1) is 8.75. The van der Waals surface area contributed by atoms with Gasteiger partial charge in [0.05, 0.1) is 0 Å². The summed E-state index contributed by atoms with van der Waals surface area (Å²) in [5.41, 5.74) is 10.6. The van der Waals surface area contributed by atoms with Crippen molar-refractivity contribution in [3.8, 4) is 0 Å². The Bertz CT molecular complexity index is 487. The van der Waals surface area contributed by atoms with E-state index in [1.54, 1.807) is 0 Å². The maximum absolute atomic E-state index is 6.30. The fourth-order valence-corrected chi connectivity index (χ4v) is 3.10. The van der Waals surface area contributed by atoms with Gasteiger partial charge in [-0.05, 0) is 41.8 Å². The lowest BCUT2D eigenvalue weighted by Gasteiger charge is -2.37. The van der Waals surface area contributed by atoms with Crippen molar-refractivity contribution in [3.05, 3.63) is 53.7 Å². The predicted octanol–water partition coefficient (Wildman–Crippen LogP) is 2.64. The van der Waals surface area contributed by atoms with Gasteiger partial charge in [0.2, 0.25) is 0 Å². The third-order valence-electron chi connectivity index (χ3n) is 4.11. The Kier molecular flexibility index (Phi) is 2.96. The van der Waals surface area contributed by atoms with Crippen LogP contribution in [-0.2, 0) is 0 Å². The summed E-state index contributed by atoms with van der Waals surface area (Å²) >= 11 is 0. The maximum Gasteiger partial charge on any atom is 0.0253 e. The highest BCUT2D eigenvalue weighted by Gasteiger charge is 2.30. The largest absolute Gasteiger partial charge is 0.380 e. The average Bonchev–Trinajstić information content (AvgIpc) is 2.41. The molecular formula is C16H20N2. The second-order valence-electron chi connectivity index (χ2n) is 5.36. The summed E-state index contributed by atoms with van der Waals surface area (Å²) in [7, 11) is 2.12. The molecular weight excluding hydrogens is 220 g/mol. The van der Waals surface area contributed by atoms with E-state index in [-0.39, 0.29) is 0 Å². The number of rotatable bonds is 1. The van der Waals surface area contributed by atoms with Gasteiger partial charge in [0.15, 0.2) is 0 Å². The van der Waals surface area contributed by atoms with Crippen LogP contribution in [0.15, 0.2) is 48.2 Å². The molecule has 1 aliphatic heterocycles. The number of nitrogens with zero attached hydrogens (tertiary/aromatic N) is 1. The van der Waals surface area contributed by atoms with Crippen LogP contribution in [0.5, 0.6) is 0 Å². The van der Waals surface area contributed by atoms with Crippen molar-refractivity contribution in [2.75, 3.05) is 13.6 Å². The highest BCUT2D eigenvalue weighted by Crippen LogP contribution is 2.38. The van der Waals surface area contributed by atoms with Crippen molar-refractivity contribution in [1.29, 1.82) is 0 Å². The summed E-state index contributed by atoms with van der Waals surface area (Å²) in [6.45, 7) is 1.04. The molecule has 2 nitrogen and oxygen atoms in total. The van der Waals surface area contributed by atoms with E-state index >= 15 is 0 Å². The predicted molar refractivity (Wildman–Crippen MR) is 75.8 cm³/mol. The van der Waals surface area contributed by atoms with Gasteiger partial charge in [0, 0.05) is 25.6 Å². The molecule has 94 valence electrons. The third-order valence-corrected chi connectivity index (χ3v) is 4.11. The van der Waals surface area contributed by atoms with E-state index in [9.17, 15) is 0 Å². The zero-order valence-electron chi connectivity index (χ0n) is 10.8. The van der Waals surface area contributed by atoms with Crippen LogP contribution in [0.25, 0.3) is 5.57 Å². The van der Waals surface area contributed by atoms with Gasteiger partial charge in [0.1, 0.15) is 0 Å². The first kappa shape index (κ1) is 11.5. The number of allylic oxidation sites excluding steroid dienone is 2. The lowest BCUT2D eigenvalue weighted by atomic mass is 9.76. The van der Waals surface area contributed by atoms with Crippen LogP contribution in [0.1, 0.15) is 18.4 Å². The number of benzene rings is 1. The molecule has 2 atom stereocenters. The minimum atomic E-state index is 0.305. The van der Waals surface area contributed by atoms with Crippen molar-refractivity contribution < 1.29 is 0 Å². The van der Waals surface area contributed by atoms with E-state index in [2.05, 4.69) is 54.6 Å². The normalized spacial score (nSPS) is 27.3. The third kappa shape index (κ3) is 1.97. The molecule has 0 radical (unpaired) electrons. The monoisotopic (exact) mass is 240 g/mol. The molecule has 1 heterocycles. The van der Waals surface area contributed by atoms with E-state index in [1.165, 1.54) is 16.7 Å². The molecule has 3 rings (SSSR count). The molecule has 1 aromatic carbocycles. The minimum Gasteiger partial charge on any atom is -0.380 e. The van der Waals surface area contributed by atoms with Gasteiger partial charge in [-0.25, -0.2) is 0 Å². The van der Waals surface area contributed by atoms with Gasteiger partial charge >= 0.3 is 0 Å². The number of hydrogen-bond acceptors (Lipinski definition) is 2. The molecule has 2 heteroatoms. The molecule has 0 spiro atoms. The average molecular weight is 240 g/mol. The highest BCUT2D eigenvalue weighted by molar-refractivity contribution is 5.72. The lowest BCUT2D eigenvalue weighted by molar-refractivity contribution is 0.320. The van der Waals surface area contributed by atoms with Crippen molar-refractivity contribution in [2.24, 2.45) is 11.7 Å². The smallest absolute Gasteiger partial charge is 0.0253 e. The zero-order chi connectivity index (χ0) is 12.5. The van der Waals surface area contributed by atoms with Gasteiger partial charge in [-0.2, -0.15) is 0 Å². The van der Waals surface area contributed by atoms with Crippen LogP contribution in [-0.4, -0.2) is 24.5 Å². The summed E-state index contributed by atoms with van der Waals surface area (Å²) in [4.78, 5) is 2.24. The van der Waals surface area contributed by atoms with Crippen molar-refractivity contribution in [3.63, 3.8) is 0 Å². The molecule has 0 bridgehead atoms. The van der Waals surface area contributed by atoms with Crippen LogP contribution in [0, 0.1) is 5.92 Å². The molecule has 0 aromatic heterocycles. The molecule has 0 saturated carbocycles. The number of nitrogens with two attached hydrogens (primary N) is 1. The Hall–Kier alpha value is -1.54. The first-order valence-electron chi connectivity index (χ1n) is 6.68. The Labute approximate surface area is 109 Å². The van der Waals surface area contributed by atoms with E-state index in [1.807, 2.05) is 0 Å². The highest BCUT2D eigenvalue weighted by atomic mass is 15.1. The van der Waals surface area contributed by atoms with Crippen LogP contribution >= 0.6 is 0 Å². The molecule has 2 N–H and O–H groups in total. The summed E-state index contributed by atoms with van der Waals surface area (Å²) < 4.78 is 0. The molecule has 1 aliphatic carbocycles. The van der Waals surface area contributed by atoms with Gasteiger partial charge < -0.3 is 10.6 Å². The summed E-state index contributed by atoms with van der Waals surface area (Å²) in [6, 6.07) is 11.0. The van der Waals surface area contributed by atoms with Gasteiger partial charge in [-0.3, -0.25) is 0 Å². The second-order valence-corrected chi connectivity index (χ2v) is 5.36. The molecule has 0 fully saturated rings.